The van der Waals surface area contributed by atoms with E-state index in [1.807, 2.05) is 6.07 Å². The van der Waals surface area contributed by atoms with Crippen LogP contribution in [0.1, 0.15) is 77.9 Å². The Kier molecular flexibility index (Phi) is 9.48. The number of hydrogen-bond donors (Lipinski definition) is 2. The highest BCUT2D eigenvalue weighted by Crippen LogP contribution is 2.33. The number of ether oxygens (including phenoxy) is 1. The Morgan fingerprint density at radius 1 is 1.00 bits per heavy atom. The normalized spacial score (nSPS) is 13.5. The summed E-state index contributed by atoms with van der Waals surface area (Å²) >= 11 is 1.63. The number of benzene rings is 3. The molecular weight excluding hydrogens is 550 g/mol. The fourth-order valence-corrected chi connectivity index (χ4v) is 6.17. The topological polar surface area (TPSA) is 109 Å². The summed E-state index contributed by atoms with van der Waals surface area (Å²) in [4.78, 5) is 43.0. The zero-order chi connectivity index (χ0) is 29.5. The van der Waals surface area contributed by atoms with E-state index in [4.69, 9.17) is 9.84 Å². The van der Waals surface area contributed by atoms with Crippen LogP contribution in [0.3, 0.4) is 0 Å². The van der Waals surface area contributed by atoms with E-state index in [0.717, 1.165) is 27.2 Å². The third-order valence-electron chi connectivity index (χ3n) is 7.59. The monoisotopic (exact) mass is 585 g/mol. The van der Waals surface area contributed by atoms with Gasteiger partial charge in [0, 0.05) is 23.9 Å². The van der Waals surface area contributed by atoms with Gasteiger partial charge in [-0.15, -0.1) is 11.3 Å². The summed E-state index contributed by atoms with van der Waals surface area (Å²) in [5, 5.41) is 12.4. The van der Waals surface area contributed by atoms with E-state index >= 15 is 0 Å². The second-order valence-electron chi connectivity index (χ2n) is 10.6. The van der Waals surface area contributed by atoms with Crippen LogP contribution in [0.25, 0.3) is 10.2 Å². The number of carboxylic acid groups (broad SMARTS) is 1. The van der Waals surface area contributed by atoms with Crippen molar-refractivity contribution in [2.75, 3.05) is 11.4 Å². The predicted octanol–water partition coefficient (Wildman–Crippen LogP) is 7.32. The minimum absolute atomic E-state index is 0.0360. The number of carboxylic acids is 1. The molecule has 3 aromatic carbocycles. The number of nitrogens with one attached hydrogen (secondary N) is 1. The number of fused-ring (bicyclic) bond motifs is 1. The lowest BCUT2D eigenvalue weighted by molar-refractivity contribution is -0.136. The molecule has 8 nitrogen and oxygen atoms in total. The Balaban J connectivity index is 1.35. The fourth-order valence-electron chi connectivity index (χ4n) is 5.28. The van der Waals surface area contributed by atoms with Crippen LogP contribution in [0.2, 0.25) is 0 Å². The molecule has 0 saturated heterocycles. The number of aryl methyl sites for hydroxylation is 1. The third-order valence-corrected chi connectivity index (χ3v) is 8.77. The number of thiazole rings is 1. The summed E-state index contributed by atoms with van der Waals surface area (Å²) < 4.78 is 6.88. The molecule has 2 amide bonds. The summed E-state index contributed by atoms with van der Waals surface area (Å²) in [7, 11) is 0. The minimum atomic E-state index is -0.980. The first-order valence-electron chi connectivity index (χ1n) is 14.5. The Morgan fingerprint density at radius 3 is 2.43 bits per heavy atom. The second kappa shape index (κ2) is 13.6. The van der Waals surface area contributed by atoms with Crippen molar-refractivity contribution in [1.29, 1.82) is 0 Å². The van der Waals surface area contributed by atoms with Crippen LogP contribution in [0.4, 0.5) is 10.5 Å². The molecule has 5 rings (SSSR count). The predicted molar refractivity (Wildman–Crippen MR) is 165 cm³/mol. The highest BCUT2D eigenvalue weighted by molar-refractivity contribution is 7.18. The lowest BCUT2D eigenvalue weighted by Gasteiger charge is -2.24. The Hall–Kier alpha value is -4.24. The number of amides is 2. The molecule has 1 heterocycles. The standard InChI is InChI=1S/C33H35N3O5S/c1-2-30-35-28-20-27(16-17-29(28)42-30)41-33(40)36(21-22-8-10-24(11-9-22)23-6-4-3-5-7-23)26-14-12-25(13-15-26)32(39)34-19-18-31(37)38/h8-17,20,23H,2-7,18-19,21H2,1H3,(H,34,39)(H,37,38). The summed E-state index contributed by atoms with van der Waals surface area (Å²) in [5.74, 6) is -0.353. The molecule has 0 atom stereocenters. The van der Waals surface area contributed by atoms with E-state index in [1.165, 1.54) is 37.7 Å². The minimum Gasteiger partial charge on any atom is -0.481 e. The summed E-state index contributed by atoms with van der Waals surface area (Å²) in [6.07, 6.45) is 6.43. The first-order valence-corrected chi connectivity index (χ1v) is 15.3. The third kappa shape index (κ3) is 7.33. The Bertz CT molecular complexity index is 1540. The largest absolute Gasteiger partial charge is 0.481 e. The molecule has 1 saturated carbocycles. The van der Waals surface area contributed by atoms with Crippen LogP contribution in [0.15, 0.2) is 66.7 Å². The van der Waals surface area contributed by atoms with Crippen molar-refractivity contribution >= 4 is 45.2 Å². The molecule has 4 aromatic rings. The first-order chi connectivity index (χ1) is 20.4. The number of aromatic nitrogens is 1. The van der Waals surface area contributed by atoms with Crippen LogP contribution in [-0.2, 0) is 17.8 Å². The van der Waals surface area contributed by atoms with Crippen molar-refractivity contribution < 1.29 is 24.2 Å². The van der Waals surface area contributed by atoms with E-state index in [9.17, 15) is 14.4 Å². The summed E-state index contributed by atoms with van der Waals surface area (Å²) in [5.41, 5.74) is 4.04. The highest BCUT2D eigenvalue weighted by atomic mass is 32.1. The van der Waals surface area contributed by atoms with Crippen molar-refractivity contribution in [2.45, 2.75) is 64.3 Å². The van der Waals surface area contributed by atoms with Gasteiger partial charge >= 0.3 is 12.1 Å². The van der Waals surface area contributed by atoms with Gasteiger partial charge in [-0.3, -0.25) is 14.5 Å². The number of carbonyl (C=O) groups excluding carboxylic acids is 2. The van der Waals surface area contributed by atoms with E-state index < -0.39 is 12.1 Å². The smallest absolute Gasteiger partial charge is 0.420 e. The summed E-state index contributed by atoms with van der Waals surface area (Å²) in [6.45, 7) is 2.38. The lowest BCUT2D eigenvalue weighted by atomic mass is 9.84. The zero-order valence-corrected chi connectivity index (χ0v) is 24.5. The van der Waals surface area contributed by atoms with Crippen molar-refractivity contribution in [2.24, 2.45) is 0 Å². The van der Waals surface area contributed by atoms with Crippen LogP contribution in [0, 0.1) is 0 Å². The Morgan fingerprint density at radius 2 is 1.74 bits per heavy atom. The molecule has 1 aliphatic carbocycles. The van der Waals surface area contributed by atoms with Crippen molar-refractivity contribution in [3.05, 3.63) is 88.4 Å². The number of rotatable bonds is 10. The van der Waals surface area contributed by atoms with Gasteiger partial charge in [0.15, 0.2) is 0 Å². The van der Waals surface area contributed by atoms with Crippen LogP contribution < -0.4 is 15.0 Å². The highest BCUT2D eigenvalue weighted by Gasteiger charge is 2.21. The molecule has 1 fully saturated rings. The quantitative estimate of drug-likeness (QED) is 0.202. The van der Waals surface area contributed by atoms with Crippen molar-refractivity contribution in [1.82, 2.24) is 10.3 Å². The SMILES string of the molecule is CCc1nc2cc(OC(=O)N(Cc3ccc(C4CCCCC4)cc3)c3ccc(C(=O)NCCC(=O)O)cc3)ccc2s1. The van der Waals surface area contributed by atoms with E-state index in [0.29, 0.717) is 22.9 Å². The number of anilines is 1. The number of nitrogens with zero attached hydrogens (tertiary/aromatic N) is 2. The maximum Gasteiger partial charge on any atom is 0.420 e. The number of aliphatic carboxylic acids is 1. The van der Waals surface area contributed by atoms with Gasteiger partial charge in [0.05, 0.1) is 28.2 Å². The molecule has 0 bridgehead atoms. The van der Waals surface area contributed by atoms with Crippen molar-refractivity contribution in [3.8, 4) is 5.75 Å². The van der Waals surface area contributed by atoms with Gasteiger partial charge in [-0.2, -0.15) is 0 Å². The molecule has 0 aliphatic heterocycles. The molecule has 0 radical (unpaired) electrons. The Labute approximate surface area is 249 Å². The first kappa shape index (κ1) is 29.3. The van der Waals surface area contributed by atoms with Gasteiger partial charge < -0.3 is 15.2 Å². The fraction of sp³-hybridized carbons (Fsp3) is 0.333. The molecule has 1 aliphatic rings. The van der Waals surface area contributed by atoms with E-state index in [1.54, 1.807) is 52.6 Å². The van der Waals surface area contributed by atoms with E-state index in [-0.39, 0.29) is 25.4 Å². The van der Waals surface area contributed by atoms with Gasteiger partial charge in [-0.1, -0.05) is 50.5 Å². The molecule has 0 spiro atoms. The van der Waals surface area contributed by atoms with Crippen molar-refractivity contribution in [3.63, 3.8) is 0 Å². The molecular formula is C33H35N3O5S. The average molecular weight is 586 g/mol. The van der Waals surface area contributed by atoms with Gasteiger partial charge in [-0.25, -0.2) is 9.78 Å². The molecule has 42 heavy (non-hydrogen) atoms. The maximum atomic E-state index is 13.6. The number of hydrogen-bond acceptors (Lipinski definition) is 6. The molecule has 218 valence electrons. The zero-order valence-electron chi connectivity index (χ0n) is 23.7. The van der Waals surface area contributed by atoms with Gasteiger partial charge in [0.2, 0.25) is 0 Å². The summed E-state index contributed by atoms with van der Waals surface area (Å²) in [6, 6.07) is 20.6. The molecule has 1 aromatic heterocycles. The van der Waals surface area contributed by atoms with Crippen LogP contribution in [-0.4, -0.2) is 34.6 Å². The average Bonchev–Trinajstić information content (AvgIpc) is 3.43. The molecule has 0 unspecified atom stereocenters. The molecule has 2 N–H and O–H groups in total. The lowest BCUT2D eigenvalue weighted by Crippen LogP contribution is -2.33. The van der Waals surface area contributed by atoms with E-state index in [2.05, 4.69) is 41.5 Å². The van der Waals surface area contributed by atoms with Gasteiger partial charge in [0.1, 0.15) is 5.75 Å². The van der Waals surface area contributed by atoms with Crippen LogP contribution in [0.5, 0.6) is 5.75 Å². The maximum absolute atomic E-state index is 13.6. The number of carbonyl (C=O) groups is 3. The van der Waals surface area contributed by atoms with Gasteiger partial charge in [-0.05, 0) is 72.7 Å². The second-order valence-corrected chi connectivity index (χ2v) is 11.7. The van der Waals surface area contributed by atoms with Crippen LogP contribution >= 0.6 is 11.3 Å². The molecule has 9 heteroatoms. The van der Waals surface area contributed by atoms with Gasteiger partial charge in [0.25, 0.3) is 5.91 Å².